The monoisotopic (exact) mass is 566 g/mol. The van der Waals surface area contributed by atoms with Crippen molar-refractivity contribution >= 4 is 39.8 Å². The third-order valence-electron chi connectivity index (χ3n) is 4.70. The van der Waals surface area contributed by atoms with Crippen LogP contribution in [0.2, 0.25) is 0 Å². The standard InChI is InChI=1S/C21H28F2N4O2S.HI/c1-24-21(25-13-12-15-8-10-16(11-9-15)30(4,28)29)26-14-19(27(2)3)20-17(22)6-5-7-18(20)23;/h5-11,19H,12-14H2,1-4H3,(H2,24,25,26);1H. The minimum Gasteiger partial charge on any atom is -0.356 e. The zero-order chi connectivity index (χ0) is 22.3. The number of rotatable bonds is 8. The molecule has 0 aromatic heterocycles. The maximum Gasteiger partial charge on any atom is 0.191 e. The number of nitrogens with one attached hydrogen (secondary N) is 2. The van der Waals surface area contributed by atoms with Crippen molar-refractivity contribution in [3.8, 4) is 0 Å². The Kier molecular flexibility index (Phi) is 10.8. The Morgan fingerprint density at radius 1 is 1.06 bits per heavy atom. The number of likely N-dealkylation sites (N-methyl/N-ethyl adjacent to an activating group) is 1. The number of guanidine groups is 1. The van der Waals surface area contributed by atoms with E-state index in [4.69, 9.17) is 0 Å². The second kappa shape index (κ2) is 12.3. The summed E-state index contributed by atoms with van der Waals surface area (Å²) in [7, 11) is 1.92. The molecular weight excluding hydrogens is 537 g/mol. The minimum atomic E-state index is -3.21. The fourth-order valence-electron chi connectivity index (χ4n) is 3.01. The lowest BCUT2D eigenvalue weighted by atomic mass is 10.0. The lowest BCUT2D eigenvalue weighted by molar-refractivity contribution is 0.282. The molecule has 0 aliphatic carbocycles. The molecule has 0 heterocycles. The van der Waals surface area contributed by atoms with Gasteiger partial charge in [0, 0.05) is 32.0 Å². The average Bonchev–Trinajstić information content (AvgIpc) is 2.68. The van der Waals surface area contributed by atoms with Crippen LogP contribution in [0.4, 0.5) is 8.78 Å². The molecule has 1 atom stereocenters. The van der Waals surface area contributed by atoms with Crippen LogP contribution in [-0.2, 0) is 16.3 Å². The lowest BCUT2D eigenvalue weighted by Crippen LogP contribution is -2.42. The number of halogens is 3. The highest BCUT2D eigenvalue weighted by Gasteiger charge is 2.22. The summed E-state index contributed by atoms with van der Waals surface area (Å²) >= 11 is 0. The fraction of sp³-hybridized carbons (Fsp3) is 0.381. The van der Waals surface area contributed by atoms with Crippen molar-refractivity contribution in [1.29, 1.82) is 0 Å². The van der Waals surface area contributed by atoms with Gasteiger partial charge in [0.15, 0.2) is 15.8 Å². The Bertz CT molecular complexity index is 963. The maximum absolute atomic E-state index is 14.2. The quantitative estimate of drug-likeness (QED) is 0.292. The molecule has 31 heavy (non-hydrogen) atoms. The van der Waals surface area contributed by atoms with Gasteiger partial charge >= 0.3 is 0 Å². The van der Waals surface area contributed by atoms with Gasteiger partial charge in [-0.15, -0.1) is 24.0 Å². The first-order chi connectivity index (χ1) is 14.1. The van der Waals surface area contributed by atoms with E-state index in [1.165, 1.54) is 24.5 Å². The normalized spacial score (nSPS) is 12.9. The van der Waals surface area contributed by atoms with Crippen LogP contribution in [0.1, 0.15) is 17.2 Å². The first kappa shape index (κ1) is 27.2. The Morgan fingerprint density at radius 3 is 2.13 bits per heavy atom. The molecule has 1 unspecified atom stereocenters. The highest BCUT2D eigenvalue weighted by molar-refractivity contribution is 14.0. The van der Waals surface area contributed by atoms with E-state index in [1.807, 2.05) is 0 Å². The van der Waals surface area contributed by atoms with Crippen molar-refractivity contribution in [2.45, 2.75) is 17.4 Å². The Hall–Kier alpha value is -1.79. The van der Waals surface area contributed by atoms with Crippen molar-refractivity contribution in [3.05, 3.63) is 65.2 Å². The lowest BCUT2D eigenvalue weighted by Gasteiger charge is -2.26. The van der Waals surface area contributed by atoms with Crippen LogP contribution in [-0.4, -0.2) is 59.8 Å². The fourth-order valence-corrected chi connectivity index (χ4v) is 3.64. The second-order valence-electron chi connectivity index (χ2n) is 7.16. The van der Waals surface area contributed by atoms with Crippen LogP contribution in [0, 0.1) is 11.6 Å². The number of hydrogen-bond donors (Lipinski definition) is 2. The number of hydrogen-bond acceptors (Lipinski definition) is 4. The van der Waals surface area contributed by atoms with Crippen molar-refractivity contribution in [2.75, 3.05) is 40.5 Å². The third-order valence-corrected chi connectivity index (χ3v) is 5.83. The van der Waals surface area contributed by atoms with Crippen LogP contribution >= 0.6 is 24.0 Å². The molecule has 2 aromatic carbocycles. The van der Waals surface area contributed by atoms with Gasteiger partial charge in [0.1, 0.15) is 11.6 Å². The summed E-state index contributed by atoms with van der Waals surface area (Å²) in [5.74, 6) is -0.668. The highest BCUT2D eigenvalue weighted by Crippen LogP contribution is 2.23. The van der Waals surface area contributed by atoms with E-state index in [1.54, 1.807) is 50.3 Å². The molecule has 10 heteroatoms. The molecule has 0 aliphatic heterocycles. The zero-order valence-corrected chi connectivity index (χ0v) is 21.2. The summed E-state index contributed by atoms with van der Waals surface area (Å²) in [6.07, 6.45) is 1.83. The summed E-state index contributed by atoms with van der Waals surface area (Å²) in [6, 6.07) is 10.0. The van der Waals surface area contributed by atoms with Crippen LogP contribution in [0.25, 0.3) is 0 Å². The molecule has 0 saturated carbocycles. The predicted molar refractivity (Wildman–Crippen MR) is 131 cm³/mol. The summed E-state index contributed by atoms with van der Waals surface area (Å²) in [5.41, 5.74) is 0.987. The smallest absolute Gasteiger partial charge is 0.191 e. The number of aliphatic imine (C=N–C) groups is 1. The molecule has 6 nitrogen and oxygen atoms in total. The zero-order valence-electron chi connectivity index (χ0n) is 18.0. The predicted octanol–water partition coefficient (Wildman–Crippen LogP) is 3.00. The summed E-state index contributed by atoms with van der Waals surface area (Å²) in [4.78, 5) is 6.17. The van der Waals surface area contributed by atoms with Crippen LogP contribution in [0.3, 0.4) is 0 Å². The third kappa shape index (κ3) is 8.00. The SMILES string of the molecule is CN=C(NCCc1ccc(S(C)(=O)=O)cc1)NCC(c1c(F)cccc1F)N(C)C.I. The van der Waals surface area contributed by atoms with E-state index in [0.29, 0.717) is 18.9 Å². The molecule has 0 amide bonds. The molecule has 0 saturated heterocycles. The molecule has 172 valence electrons. The molecule has 0 spiro atoms. The van der Waals surface area contributed by atoms with Gasteiger partial charge in [0.2, 0.25) is 0 Å². The van der Waals surface area contributed by atoms with Crippen LogP contribution in [0.5, 0.6) is 0 Å². The van der Waals surface area contributed by atoms with Crippen molar-refractivity contribution in [1.82, 2.24) is 15.5 Å². The molecule has 0 fully saturated rings. The molecular formula is C21H29F2IN4O2S. The summed E-state index contributed by atoms with van der Waals surface area (Å²) in [6.45, 7) is 0.812. The van der Waals surface area contributed by atoms with Gasteiger partial charge in [-0.25, -0.2) is 17.2 Å². The van der Waals surface area contributed by atoms with Gasteiger partial charge in [-0.2, -0.15) is 0 Å². The van der Waals surface area contributed by atoms with E-state index >= 15 is 0 Å². The summed E-state index contributed by atoms with van der Waals surface area (Å²) in [5, 5.41) is 6.26. The van der Waals surface area contributed by atoms with E-state index in [2.05, 4.69) is 15.6 Å². The van der Waals surface area contributed by atoms with Gasteiger partial charge in [-0.05, 0) is 50.3 Å². The first-order valence-electron chi connectivity index (χ1n) is 9.47. The van der Waals surface area contributed by atoms with Crippen molar-refractivity contribution in [2.24, 2.45) is 4.99 Å². The minimum absolute atomic E-state index is 0. The Morgan fingerprint density at radius 2 is 1.65 bits per heavy atom. The molecule has 2 N–H and O–H groups in total. The molecule has 0 radical (unpaired) electrons. The first-order valence-corrected chi connectivity index (χ1v) is 11.4. The number of sulfone groups is 1. The molecule has 0 bridgehead atoms. The van der Waals surface area contributed by atoms with Crippen LogP contribution in [0.15, 0.2) is 52.4 Å². The largest absolute Gasteiger partial charge is 0.356 e. The number of benzene rings is 2. The van der Waals surface area contributed by atoms with E-state index in [0.717, 1.165) is 5.56 Å². The van der Waals surface area contributed by atoms with Gasteiger partial charge in [0.25, 0.3) is 0 Å². The van der Waals surface area contributed by atoms with Gasteiger partial charge in [-0.3, -0.25) is 4.99 Å². The van der Waals surface area contributed by atoms with Crippen LogP contribution < -0.4 is 10.6 Å². The summed E-state index contributed by atoms with van der Waals surface area (Å²) < 4.78 is 51.4. The molecule has 2 aromatic rings. The van der Waals surface area contributed by atoms with E-state index < -0.39 is 27.5 Å². The van der Waals surface area contributed by atoms with Gasteiger partial charge < -0.3 is 15.5 Å². The second-order valence-corrected chi connectivity index (χ2v) is 9.18. The molecule has 2 rings (SSSR count). The highest BCUT2D eigenvalue weighted by atomic mass is 127. The Labute approximate surface area is 200 Å². The topological polar surface area (TPSA) is 73.8 Å². The number of nitrogens with zero attached hydrogens (tertiary/aromatic N) is 2. The van der Waals surface area contributed by atoms with Gasteiger partial charge in [0.05, 0.1) is 10.9 Å². The molecule has 0 aliphatic rings. The van der Waals surface area contributed by atoms with Crippen molar-refractivity contribution < 1.29 is 17.2 Å². The average molecular weight is 566 g/mol. The van der Waals surface area contributed by atoms with Gasteiger partial charge in [-0.1, -0.05) is 18.2 Å². The van der Waals surface area contributed by atoms with E-state index in [-0.39, 0.29) is 41.0 Å². The maximum atomic E-state index is 14.2. The van der Waals surface area contributed by atoms with Crippen molar-refractivity contribution in [3.63, 3.8) is 0 Å². The Balaban J connectivity index is 0.00000480. The van der Waals surface area contributed by atoms with E-state index in [9.17, 15) is 17.2 Å².